The molecule has 152 valence electrons. The second-order valence-electron chi connectivity index (χ2n) is 7.60. The summed E-state index contributed by atoms with van der Waals surface area (Å²) in [5.41, 5.74) is 2.37. The minimum Gasteiger partial charge on any atom is -0.356 e. The van der Waals surface area contributed by atoms with Gasteiger partial charge in [0.15, 0.2) is 0 Å². The van der Waals surface area contributed by atoms with Crippen LogP contribution in [0.5, 0.6) is 0 Å². The van der Waals surface area contributed by atoms with Crippen molar-refractivity contribution in [1.82, 2.24) is 20.4 Å². The van der Waals surface area contributed by atoms with Gasteiger partial charge in [0.1, 0.15) is 0 Å². The molecule has 2 heterocycles. The Labute approximate surface area is 166 Å². The topological polar surface area (TPSA) is 81.8 Å². The van der Waals surface area contributed by atoms with Crippen molar-refractivity contribution in [2.24, 2.45) is 0 Å². The molecule has 0 aliphatic carbocycles. The Morgan fingerprint density at radius 2 is 2.07 bits per heavy atom. The maximum atomic E-state index is 12.4. The monoisotopic (exact) mass is 386 g/mol. The zero-order valence-corrected chi connectivity index (χ0v) is 16.6. The third kappa shape index (κ3) is 5.32. The predicted octanol–water partition coefficient (Wildman–Crippen LogP) is 0.814. The van der Waals surface area contributed by atoms with E-state index in [1.807, 2.05) is 17.0 Å². The molecule has 3 rings (SSSR count). The van der Waals surface area contributed by atoms with Crippen LogP contribution in [0.2, 0.25) is 0 Å². The van der Waals surface area contributed by atoms with Crippen molar-refractivity contribution in [2.45, 2.75) is 45.2 Å². The van der Waals surface area contributed by atoms with Gasteiger partial charge in [-0.25, -0.2) is 0 Å². The first-order chi connectivity index (χ1) is 13.5. The average molecular weight is 386 g/mol. The number of likely N-dealkylation sites (tertiary alicyclic amines) is 1. The van der Waals surface area contributed by atoms with E-state index in [4.69, 9.17) is 0 Å². The van der Waals surface area contributed by atoms with Crippen LogP contribution < -0.4 is 10.6 Å². The van der Waals surface area contributed by atoms with Crippen molar-refractivity contribution < 1.29 is 14.4 Å². The van der Waals surface area contributed by atoms with E-state index in [0.717, 1.165) is 25.9 Å². The minimum atomic E-state index is -0.450. The minimum absolute atomic E-state index is 0.0855. The van der Waals surface area contributed by atoms with Crippen LogP contribution in [0.1, 0.15) is 36.8 Å². The molecule has 2 saturated heterocycles. The number of hydrogen-bond acceptors (Lipinski definition) is 4. The van der Waals surface area contributed by atoms with Crippen LogP contribution in [0.25, 0.3) is 0 Å². The van der Waals surface area contributed by atoms with E-state index in [-0.39, 0.29) is 24.1 Å². The molecule has 1 aromatic rings. The molecule has 7 nitrogen and oxygen atoms in total. The Hall–Kier alpha value is -2.41. The maximum Gasteiger partial charge on any atom is 0.237 e. The van der Waals surface area contributed by atoms with Gasteiger partial charge in [-0.05, 0) is 30.9 Å². The number of carbonyl (C=O) groups is 3. The van der Waals surface area contributed by atoms with Crippen molar-refractivity contribution in [2.75, 3.05) is 32.7 Å². The summed E-state index contributed by atoms with van der Waals surface area (Å²) in [6.07, 6.45) is 2.46. The van der Waals surface area contributed by atoms with Crippen LogP contribution in [-0.4, -0.2) is 66.3 Å². The molecule has 2 aliphatic rings. The standard InChI is InChI=1S/C21H30N4O3/c1-16-6-2-3-7-17(16)15-25-13-10-23-21(28)18(25)14-19(26)22-9-5-12-24-11-4-8-20(24)27/h2-3,6-7,18H,4-5,8-15H2,1H3,(H,22,26)(H,23,28). The highest BCUT2D eigenvalue weighted by molar-refractivity contribution is 5.88. The summed E-state index contributed by atoms with van der Waals surface area (Å²) >= 11 is 0. The molecule has 0 bridgehead atoms. The number of nitrogens with zero attached hydrogens (tertiary/aromatic N) is 2. The second kappa shape index (κ2) is 9.68. The average Bonchev–Trinajstić information content (AvgIpc) is 3.08. The van der Waals surface area contributed by atoms with Crippen molar-refractivity contribution in [1.29, 1.82) is 0 Å². The molecule has 0 radical (unpaired) electrons. The SMILES string of the molecule is Cc1ccccc1CN1CCNC(=O)C1CC(=O)NCCCN1CCCC1=O. The van der Waals surface area contributed by atoms with E-state index in [1.165, 1.54) is 11.1 Å². The number of carbonyl (C=O) groups excluding carboxylic acids is 3. The van der Waals surface area contributed by atoms with Gasteiger partial charge in [-0.2, -0.15) is 0 Å². The largest absolute Gasteiger partial charge is 0.356 e. The van der Waals surface area contributed by atoms with Crippen molar-refractivity contribution in [3.8, 4) is 0 Å². The van der Waals surface area contributed by atoms with Gasteiger partial charge in [0.25, 0.3) is 0 Å². The highest BCUT2D eigenvalue weighted by atomic mass is 16.2. The molecule has 0 saturated carbocycles. The highest BCUT2D eigenvalue weighted by Crippen LogP contribution is 2.16. The Balaban J connectivity index is 1.48. The molecule has 0 spiro atoms. The summed E-state index contributed by atoms with van der Waals surface area (Å²) in [6, 6.07) is 7.68. The molecular weight excluding hydrogens is 356 g/mol. The van der Waals surface area contributed by atoms with Crippen LogP contribution in [-0.2, 0) is 20.9 Å². The predicted molar refractivity (Wildman–Crippen MR) is 106 cm³/mol. The van der Waals surface area contributed by atoms with Gasteiger partial charge < -0.3 is 15.5 Å². The summed E-state index contributed by atoms with van der Waals surface area (Å²) in [5, 5.41) is 5.77. The van der Waals surface area contributed by atoms with Gasteiger partial charge >= 0.3 is 0 Å². The fraction of sp³-hybridized carbons (Fsp3) is 0.571. The van der Waals surface area contributed by atoms with E-state index in [0.29, 0.717) is 32.6 Å². The normalized spacial score (nSPS) is 20.3. The van der Waals surface area contributed by atoms with Crippen LogP contribution in [0.15, 0.2) is 24.3 Å². The second-order valence-corrected chi connectivity index (χ2v) is 7.60. The van der Waals surface area contributed by atoms with Gasteiger partial charge in [0, 0.05) is 45.7 Å². The third-order valence-corrected chi connectivity index (χ3v) is 5.55. The lowest BCUT2D eigenvalue weighted by Gasteiger charge is -2.35. The molecule has 2 fully saturated rings. The zero-order chi connectivity index (χ0) is 19.9. The van der Waals surface area contributed by atoms with E-state index in [2.05, 4.69) is 34.6 Å². The Morgan fingerprint density at radius 1 is 1.25 bits per heavy atom. The number of nitrogens with one attached hydrogen (secondary N) is 2. The lowest BCUT2D eigenvalue weighted by molar-refractivity contribution is -0.134. The van der Waals surface area contributed by atoms with Crippen LogP contribution >= 0.6 is 0 Å². The van der Waals surface area contributed by atoms with E-state index < -0.39 is 6.04 Å². The first-order valence-corrected chi connectivity index (χ1v) is 10.2. The first-order valence-electron chi connectivity index (χ1n) is 10.2. The Morgan fingerprint density at radius 3 is 2.82 bits per heavy atom. The Kier molecular flexibility index (Phi) is 7.03. The van der Waals surface area contributed by atoms with Gasteiger partial charge in [-0.15, -0.1) is 0 Å². The number of hydrogen-bond donors (Lipinski definition) is 2. The molecule has 3 amide bonds. The summed E-state index contributed by atoms with van der Waals surface area (Å²) < 4.78 is 0. The molecule has 1 aromatic carbocycles. The number of amides is 3. The summed E-state index contributed by atoms with van der Waals surface area (Å²) in [6.45, 7) is 6.09. The number of rotatable bonds is 8. The van der Waals surface area contributed by atoms with Gasteiger partial charge in [0.2, 0.25) is 17.7 Å². The molecule has 2 N–H and O–H groups in total. The molecule has 28 heavy (non-hydrogen) atoms. The molecule has 0 aromatic heterocycles. The quantitative estimate of drug-likeness (QED) is 0.648. The van der Waals surface area contributed by atoms with E-state index in [1.54, 1.807) is 0 Å². The lowest BCUT2D eigenvalue weighted by atomic mass is 10.0. The molecular formula is C21H30N4O3. The molecule has 7 heteroatoms. The van der Waals surface area contributed by atoms with Crippen LogP contribution in [0, 0.1) is 6.92 Å². The van der Waals surface area contributed by atoms with Gasteiger partial charge in [-0.1, -0.05) is 24.3 Å². The highest BCUT2D eigenvalue weighted by Gasteiger charge is 2.31. The fourth-order valence-corrected chi connectivity index (χ4v) is 3.87. The van der Waals surface area contributed by atoms with Crippen molar-refractivity contribution in [3.63, 3.8) is 0 Å². The van der Waals surface area contributed by atoms with Crippen molar-refractivity contribution in [3.05, 3.63) is 35.4 Å². The van der Waals surface area contributed by atoms with Crippen molar-refractivity contribution >= 4 is 17.7 Å². The smallest absolute Gasteiger partial charge is 0.237 e. The van der Waals surface area contributed by atoms with E-state index >= 15 is 0 Å². The van der Waals surface area contributed by atoms with Crippen LogP contribution in [0.3, 0.4) is 0 Å². The number of benzene rings is 1. The Bertz CT molecular complexity index is 721. The molecule has 1 atom stereocenters. The van der Waals surface area contributed by atoms with Gasteiger partial charge in [-0.3, -0.25) is 19.3 Å². The van der Waals surface area contributed by atoms with Gasteiger partial charge in [0.05, 0.1) is 12.5 Å². The molecule has 1 unspecified atom stereocenters. The fourth-order valence-electron chi connectivity index (χ4n) is 3.87. The summed E-state index contributed by atoms with van der Waals surface area (Å²) in [5.74, 6) is -0.000667. The number of piperazine rings is 1. The lowest BCUT2D eigenvalue weighted by Crippen LogP contribution is -2.56. The number of aryl methyl sites for hydroxylation is 1. The summed E-state index contributed by atoms with van der Waals surface area (Å²) in [4.78, 5) is 40.3. The van der Waals surface area contributed by atoms with E-state index in [9.17, 15) is 14.4 Å². The van der Waals surface area contributed by atoms with Crippen LogP contribution in [0.4, 0.5) is 0 Å². The first kappa shape index (κ1) is 20.3. The zero-order valence-electron chi connectivity index (χ0n) is 16.6. The maximum absolute atomic E-state index is 12.4. The molecule has 2 aliphatic heterocycles. The third-order valence-electron chi connectivity index (χ3n) is 5.55. The summed E-state index contributed by atoms with van der Waals surface area (Å²) in [7, 11) is 0.